The van der Waals surface area contributed by atoms with Gasteiger partial charge in [0.1, 0.15) is 0 Å². The summed E-state index contributed by atoms with van der Waals surface area (Å²) in [4.78, 5) is 24.5. The van der Waals surface area contributed by atoms with Gasteiger partial charge in [0.25, 0.3) is 0 Å². The van der Waals surface area contributed by atoms with Crippen LogP contribution in [-0.4, -0.2) is 47.4 Å². The van der Waals surface area contributed by atoms with Gasteiger partial charge in [0.2, 0.25) is 5.91 Å². The van der Waals surface area contributed by atoms with E-state index in [2.05, 4.69) is 55.6 Å². The van der Waals surface area contributed by atoms with Crippen LogP contribution in [0.25, 0.3) is 0 Å². The molecule has 2 unspecified atom stereocenters. The Morgan fingerprint density at radius 1 is 0.346 bits per heavy atom. The Bertz CT molecular complexity index is 1360. The number of aliphatic hydroxyl groups excluding tert-OH is 2. The number of amides is 1. The number of hydrogen-bond acceptors (Lipinski definition) is 5. The Kier molecular flexibility index (Phi) is 68.4. The van der Waals surface area contributed by atoms with Crippen molar-refractivity contribution in [1.29, 1.82) is 0 Å². The van der Waals surface area contributed by atoms with E-state index in [4.69, 9.17) is 4.74 Å². The zero-order valence-electron chi connectivity index (χ0n) is 54.5. The fraction of sp³-hybridized carbons (Fsp3) is 0.867. The van der Waals surface area contributed by atoms with Crippen molar-refractivity contribution in [2.75, 3.05) is 13.2 Å². The number of unbranched alkanes of at least 4 members (excludes halogenated alkanes) is 51. The van der Waals surface area contributed by atoms with Crippen LogP contribution in [0.15, 0.2) is 48.6 Å². The second-order valence-electron chi connectivity index (χ2n) is 24.9. The van der Waals surface area contributed by atoms with Gasteiger partial charge in [0.05, 0.1) is 25.4 Å². The molecular formula is C75H141NO5. The largest absolute Gasteiger partial charge is 0.466 e. The summed E-state index contributed by atoms with van der Waals surface area (Å²) < 4.78 is 5.48. The lowest BCUT2D eigenvalue weighted by Gasteiger charge is -2.20. The molecule has 3 N–H and O–H groups in total. The molecular weight excluding hydrogens is 995 g/mol. The molecule has 0 aliphatic carbocycles. The second kappa shape index (κ2) is 70.3. The van der Waals surface area contributed by atoms with Crippen molar-refractivity contribution >= 4 is 11.9 Å². The molecule has 0 aromatic rings. The Labute approximate surface area is 506 Å². The van der Waals surface area contributed by atoms with Gasteiger partial charge in [0.15, 0.2) is 0 Å². The Hall–Kier alpha value is -2.18. The van der Waals surface area contributed by atoms with Crippen molar-refractivity contribution in [3.63, 3.8) is 0 Å². The number of carbonyl (C=O) groups is 2. The third-order valence-electron chi connectivity index (χ3n) is 16.8. The highest BCUT2D eigenvalue weighted by atomic mass is 16.5. The number of allylic oxidation sites excluding steroid dienone is 7. The summed E-state index contributed by atoms with van der Waals surface area (Å²) in [7, 11) is 0. The first-order valence-electron chi connectivity index (χ1n) is 36.4. The zero-order valence-corrected chi connectivity index (χ0v) is 54.5. The zero-order chi connectivity index (χ0) is 58.5. The molecule has 1 amide bonds. The minimum atomic E-state index is -0.843. The summed E-state index contributed by atoms with van der Waals surface area (Å²) in [6.45, 7) is 4.91. The van der Waals surface area contributed by atoms with E-state index in [1.54, 1.807) is 6.08 Å². The van der Waals surface area contributed by atoms with Gasteiger partial charge >= 0.3 is 5.97 Å². The van der Waals surface area contributed by atoms with Gasteiger partial charge in [-0.05, 0) is 89.9 Å². The fourth-order valence-electron chi connectivity index (χ4n) is 11.3. The molecule has 0 saturated heterocycles. The van der Waals surface area contributed by atoms with Gasteiger partial charge in [-0.25, -0.2) is 0 Å². The molecule has 0 rings (SSSR count). The normalized spacial score (nSPS) is 12.8. The monoisotopic (exact) mass is 1140 g/mol. The lowest BCUT2D eigenvalue weighted by atomic mass is 10.0. The molecule has 6 heteroatoms. The highest BCUT2D eigenvalue weighted by Gasteiger charge is 2.18. The molecule has 0 fully saturated rings. The number of carbonyl (C=O) groups excluding carboxylic acids is 2. The first kappa shape index (κ1) is 78.8. The lowest BCUT2D eigenvalue weighted by molar-refractivity contribution is -0.143. The number of esters is 1. The standard InChI is InChI=1S/C75H141NO5/c1-3-5-7-9-11-13-15-17-18-40-44-47-51-55-59-63-67-73(78)72(71-77)76-74(79)68-64-60-56-52-48-45-41-38-36-34-32-30-28-26-24-22-20-19-21-23-25-27-29-31-33-35-37-39-42-46-50-54-58-62-66-70-81-75(80)69-65-61-57-53-49-43-16-14-12-10-8-6-4-2/h14,16,21,23,27,29,63,67,72-73,77-78H,3-13,15,17-20,22,24-26,28,30-62,64-66,68-71H2,1-2H3,(H,76,79)/b16-14-,23-21-,29-27-,67-63+. The minimum absolute atomic E-state index is 0.00735. The maximum Gasteiger partial charge on any atom is 0.305 e. The number of aliphatic hydroxyl groups is 2. The highest BCUT2D eigenvalue weighted by molar-refractivity contribution is 5.76. The number of nitrogens with one attached hydrogen (secondary N) is 1. The predicted molar refractivity (Wildman–Crippen MR) is 356 cm³/mol. The molecule has 0 radical (unpaired) electrons. The van der Waals surface area contributed by atoms with E-state index in [0.717, 1.165) is 51.4 Å². The van der Waals surface area contributed by atoms with Crippen LogP contribution in [0, 0.1) is 0 Å². The predicted octanol–water partition coefficient (Wildman–Crippen LogP) is 23.6. The number of rotatable bonds is 68. The van der Waals surface area contributed by atoms with Gasteiger partial charge in [-0.15, -0.1) is 0 Å². The Morgan fingerprint density at radius 2 is 0.617 bits per heavy atom. The van der Waals surface area contributed by atoms with Crippen molar-refractivity contribution in [3.8, 4) is 0 Å². The molecule has 0 bridgehead atoms. The number of ether oxygens (including phenoxy) is 1. The second-order valence-corrected chi connectivity index (χ2v) is 24.9. The molecule has 0 aromatic carbocycles. The first-order valence-corrected chi connectivity index (χ1v) is 36.4. The van der Waals surface area contributed by atoms with Crippen LogP contribution < -0.4 is 5.32 Å². The minimum Gasteiger partial charge on any atom is -0.466 e. The third kappa shape index (κ3) is 66.8. The molecule has 0 spiro atoms. The molecule has 81 heavy (non-hydrogen) atoms. The van der Waals surface area contributed by atoms with Gasteiger partial charge in [-0.2, -0.15) is 0 Å². The van der Waals surface area contributed by atoms with Crippen molar-refractivity contribution < 1.29 is 24.5 Å². The average Bonchev–Trinajstić information content (AvgIpc) is 3.47. The van der Waals surface area contributed by atoms with Gasteiger partial charge in [0, 0.05) is 12.8 Å². The van der Waals surface area contributed by atoms with E-state index in [0.29, 0.717) is 19.4 Å². The van der Waals surface area contributed by atoms with Crippen LogP contribution >= 0.6 is 0 Å². The average molecular weight is 1140 g/mol. The van der Waals surface area contributed by atoms with Gasteiger partial charge in [-0.3, -0.25) is 9.59 Å². The maximum atomic E-state index is 12.5. The summed E-state index contributed by atoms with van der Waals surface area (Å²) in [6.07, 6.45) is 92.1. The Morgan fingerprint density at radius 3 is 0.963 bits per heavy atom. The highest BCUT2D eigenvalue weighted by Crippen LogP contribution is 2.18. The van der Waals surface area contributed by atoms with Crippen LogP contribution in [-0.2, 0) is 14.3 Å². The molecule has 0 aliphatic heterocycles. The summed E-state index contributed by atoms with van der Waals surface area (Å²) in [5.74, 6) is -0.0560. The van der Waals surface area contributed by atoms with E-state index in [-0.39, 0.29) is 18.5 Å². The molecule has 0 heterocycles. The van der Waals surface area contributed by atoms with Crippen molar-refractivity contribution in [3.05, 3.63) is 48.6 Å². The first-order chi connectivity index (χ1) is 40.0. The van der Waals surface area contributed by atoms with Crippen LogP contribution in [0.1, 0.15) is 393 Å². The van der Waals surface area contributed by atoms with Crippen LogP contribution in [0.5, 0.6) is 0 Å². The van der Waals surface area contributed by atoms with E-state index in [1.165, 1.54) is 315 Å². The van der Waals surface area contributed by atoms with Crippen LogP contribution in [0.4, 0.5) is 0 Å². The van der Waals surface area contributed by atoms with Crippen molar-refractivity contribution in [2.45, 2.75) is 405 Å². The van der Waals surface area contributed by atoms with Crippen LogP contribution in [0.3, 0.4) is 0 Å². The molecule has 0 aliphatic rings. The maximum absolute atomic E-state index is 12.5. The van der Waals surface area contributed by atoms with E-state index < -0.39 is 12.1 Å². The lowest BCUT2D eigenvalue weighted by Crippen LogP contribution is -2.45. The topological polar surface area (TPSA) is 95.9 Å². The SMILES string of the molecule is CCCCCC/C=C\CCCCCCCC(=O)OCCCCCCCCCCCCC/C=C\C/C=C\CCCCCCCCCCCCCCCCCCCC(=O)NC(CO)C(O)/C=C/CCCCCCCCCCCCCCCC. The smallest absolute Gasteiger partial charge is 0.305 e. The molecule has 6 nitrogen and oxygen atoms in total. The van der Waals surface area contributed by atoms with Gasteiger partial charge < -0.3 is 20.3 Å². The summed E-state index contributed by atoms with van der Waals surface area (Å²) in [5.41, 5.74) is 0. The van der Waals surface area contributed by atoms with Gasteiger partial charge in [-0.1, -0.05) is 339 Å². The summed E-state index contributed by atoms with van der Waals surface area (Å²) >= 11 is 0. The molecule has 0 aromatic heterocycles. The van der Waals surface area contributed by atoms with Crippen molar-refractivity contribution in [1.82, 2.24) is 5.32 Å². The van der Waals surface area contributed by atoms with Crippen LogP contribution in [0.2, 0.25) is 0 Å². The Balaban J connectivity index is 3.39. The third-order valence-corrected chi connectivity index (χ3v) is 16.8. The quantitative estimate of drug-likeness (QED) is 0.0320. The number of hydrogen-bond donors (Lipinski definition) is 3. The fourth-order valence-corrected chi connectivity index (χ4v) is 11.3. The molecule has 2 atom stereocenters. The van der Waals surface area contributed by atoms with E-state index >= 15 is 0 Å². The molecule has 0 saturated carbocycles. The van der Waals surface area contributed by atoms with E-state index in [1.807, 2.05) is 6.08 Å². The molecule has 476 valence electrons. The van der Waals surface area contributed by atoms with E-state index in [9.17, 15) is 19.8 Å². The summed E-state index contributed by atoms with van der Waals surface area (Å²) in [6, 6.07) is -0.627. The van der Waals surface area contributed by atoms with Crippen molar-refractivity contribution in [2.24, 2.45) is 0 Å². The summed E-state index contributed by atoms with van der Waals surface area (Å²) in [5, 5.41) is 23.2.